The molecular weight excluding hydrogens is 326 g/mol. The summed E-state index contributed by atoms with van der Waals surface area (Å²) in [6, 6.07) is 19.1. The SMILES string of the molecule is COc1ccc(C2CCCN2C(=O)c2cc3ccccc3cc2O)cc1. The molecule has 1 amide bonds. The molecule has 132 valence electrons. The number of ether oxygens (including phenoxy) is 1. The van der Waals surface area contributed by atoms with Gasteiger partial charge in [0.2, 0.25) is 0 Å². The van der Waals surface area contributed by atoms with Crippen molar-refractivity contribution in [2.24, 2.45) is 0 Å². The van der Waals surface area contributed by atoms with E-state index in [1.807, 2.05) is 53.4 Å². The van der Waals surface area contributed by atoms with E-state index in [-0.39, 0.29) is 17.7 Å². The van der Waals surface area contributed by atoms with Gasteiger partial charge in [0, 0.05) is 6.54 Å². The molecule has 4 rings (SSSR count). The standard InChI is InChI=1S/C22H21NO3/c1-26-18-10-8-15(9-11-18)20-7-4-12-23(20)22(25)19-13-16-5-2-3-6-17(16)14-21(19)24/h2-3,5-6,8-11,13-14,20,24H,4,7,12H2,1H3. The van der Waals surface area contributed by atoms with Gasteiger partial charge in [-0.15, -0.1) is 0 Å². The Balaban J connectivity index is 1.67. The van der Waals surface area contributed by atoms with Crippen LogP contribution in [0.3, 0.4) is 0 Å². The molecule has 1 atom stereocenters. The summed E-state index contributed by atoms with van der Waals surface area (Å²) in [6.07, 6.45) is 1.88. The van der Waals surface area contributed by atoms with E-state index < -0.39 is 0 Å². The Morgan fingerprint density at radius 1 is 1.08 bits per heavy atom. The number of amides is 1. The lowest BCUT2D eigenvalue weighted by molar-refractivity contribution is 0.0733. The van der Waals surface area contributed by atoms with Crippen LogP contribution >= 0.6 is 0 Å². The van der Waals surface area contributed by atoms with Gasteiger partial charge >= 0.3 is 0 Å². The number of benzene rings is 3. The molecule has 1 heterocycles. The van der Waals surface area contributed by atoms with Gasteiger partial charge in [-0.3, -0.25) is 4.79 Å². The van der Waals surface area contributed by atoms with Gasteiger partial charge in [-0.25, -0.2) is 0 Å². The van der Waals surface area contributed by atoms with Gasteiger partial charge in [0.1, 0.15) is 11.5 Å². The van der Waals surface area contributed by atoms with Gasteiger partial charge in [-0.05, 0) is 53.4 Å². The monoisotopic (exact) mass is 347 g/mol. The quantitative estimate of drug-likeness (QED) is 0.757. The average molecular weight is 347 g/mol. The summed E-state index contributed by atoms with van der Waals surface area (Å²) >= 11 is 0. The highest BCUT2D eigenvalue weighted by Gasteiger charge is 2.31. The summed E-state index contributed by atoms with van der Waals surface area (Å²) in [5.41, 5.74) is 1.46. The van der Waals surface area contributed by atoms with Crippen molar-refractivity contribution in [3.8, 4) is 11.5 Å². The lowest BCUT2D eigenvalue weighted by atomic mass is 10.0. The Hall–Kier alpha value is -3.01. The number of hydrogen-bond donors (Lipinski definition) is 1. The Labute approximate surface area is 152 Å². The van der Waals surface area contributed by atoms with Gasteiger partial charge < -0.3 is 14.7 Å². The summed E-state index contributed by atoms with van der Waals surface area (Å²) in [5.74, 6) is 0.720. The summed E-state index contributed by atoms with van der Waals surface area (Å²) in [7, 11) is 1.64. The predicted octanol–water partition coefficient (Wildman–Crippen LogP) is 4.53. The highest BCUT2D eigenvalue weighted by Crippen LogP contribution is 2.36. The molecule has 26 heavy (non-hydrogen) atoms. The number of phenols is 1. The van der Waals surface area contributed by atoms with Crippen LogP contribution in [0, 0.1) is 0 Å². The number of rotatable bonds is 3. The highest BCUT2D eigenvalue weighted by atomic mass is 16.5. The fourth-order valence-corrected chi connectivity index (χ4v) is 3.74. The minimum Gasteiger partial charge on any atom is -0.507 e. The van der Waals surface area contributed by atoms with Gasteiger partial charge in [0.25, 0.3) is 5.91 Å². The predicted molar refractivity (Wildman–Crippen MR) is 102 cm³/mol. The molecule has 0 spiro atoms. The van der Waals surface area contributed by atoms with E-state index in [1.54, 1.807) is 19.2 Å². The second-order valence-electron chi connectivity index (χ2n) is 6.65. The normalized spacial score (nSPS) is 16.8. The largest absolute Gasteiger partial charge is 0.507 e. The van der Waals surface area contributed by atoms with Crippen LogP contribution in [0.2, 0.25) is 0 Å². The molecule has 4 heteroatoms. The van der Waals surface area contributed by atoms with Crippen LogP contribution < -0.4 is 4.74 Å². The zero-order valence-corrected chi connectivity index (χ0v) is 14.7. The maximum atomic E-state index is 13.2. The Morgan fingerprint density at radius 3 is 2.46 bits per heavy atom. The van der Waals surface area contributed by atoms with E-state index in [9.17, 15) is 9.90 Å². The van der Waals surface area contributed by atoms with E-state index >= 15 is 0 Å². The molecule has 0 bridgehead atoms. The number of hydrogen-bond acceptors (Lipinski definition) is 3. The van der Waals surface area contributed by atoms with Crippen LogP contribution in [0.25, 0.3) is 10.8 Å². The summed E-state index contributed by atoms with van der Waals surface area (Å²) < 4.78 is 5.22. The van der Waals surface area contributed by atoms with Crippen molar-refractivity contribution in [2.75, 3.05) is 13.7 Å². The second kappa shape index (κ2) is 6.71. The molecule has 3 aromatic rings. The van der Waals surface area contributed by atoms with E-state index in [2.05, 4.69) is 0 Å². The number of aromatic hydroxyl groups is 1. The number of carbonyl (C=O) groups is 1. The first-order valence-electron chi connectivity index (χ1n) is 8.84. The zero-order chi connectivity index (χ0) is 18.1. The van der Waals surface area contributed by atoms with Gasteiger partial charge in [0.15, 0.2) is 0 Å². The lowest BCUT2D eigenvalue weighted by Gasteiger charge is -2.26. The third-order valence-corrected chi connectivity index (χ3v) is 5.11. The Morgan fingerprint density at radius 2 is 1.77 bits per heavy atom. The number of phenolic OH excluding ortho intramolecular Hbond substituents is 1. The fourth-order valence-electron chi connectivity index (χ4n) is 3.74. The Bertz CT molecular complexity index is 949. The van der Waals surface area contributed by atoms with Crippen LogP contribution in [0.4, 0.5) is 0 Å². The topological polar surface area (TPSA) is 49.8 Å². The molecule has 1 N–H and O–H groups in total. The number of carbonyl (C=O) groups excluding carboxylic acids is 1. The first-order chi connectivity index (χ1) is 12.7. The maximum Gasteiger partial charge on any atom is 0.258 e. The van der Waals surface area contributed by atoms with Crippen LogP contribution in [0.15, 0.2) is 60.7 Å². The fraction of sp³-hybridized carbons (Fsp3) is 0.227. The zero-order valence-electron chi connectivity index (χ0n) is 14.7. The number of methoxy groups -OCH3 is 1. The first kappa shape index (κ1) is 16.5. The minimum absolute atomic E-state index is 0.0271. The van der Waals surface area contributed by atoms with E-state index in [4.69, 9.17) is 4.74 Å². The van der Waals surface area contributed by atoms with E-state index in [0.717, 1.165) is 34.9 Å². The van der Waals surface area contributed by atoms with Crippen LogP contribution in [-0.2, 0) is 0 Å². The first-order valence-corrected chi connectivity index (χ1v) is 8.84. The summed E-state index contributed by atoms with van der Waals surface area (Å²) in [5, 5.41) is 12.3. The van der Waals surface area contributed by atoms with Crippen LogP contribution in [-0.4, -0.2) is 29.6 Å². The molecule has 0 aromatic heterocycles. The molecule has 1 saturated heterocycles. The van der Waals surface area contributed by atoms with Gasteiger partial charge in [-0.1, -0.05) is 36.4 Å². The van der Waals surface area contributed by atoms with Gasteiger partial charge in [-0.2, -0.15) is 0 Å². The van der Waals surface area contributed by atoms with Crippen molar-refractivity contribution in [2.45, 2.75) is 18.9 Å². The smallest absolute Gasteiger partial charge is 0.258 e. The van der Waals surface area contributed by atoms with Crippen LogP contribution in [0.1, 0.15) is 34.8 Å². The number of fused-ring (bicyclic) bond motifs is 1. The molecule has 3 aromatic carbocycles. The molecule has 0 saturated carbocycles. The third kappa shape index (κ3) is 2.88. The van der Waals surface area contributed by atoms with Gasteiger partial charge in [0.05, 0.1) is 18.7 Å². The van der Waals surface area contributed by atoms with Crippen molar-refractivity contribution < 1.29 is 14.6 Å². The lowest BCUT2D eigenvalue weighted by Crippen LogP contribution is -2.30. The molecule has 0 aliphatic carbocycles. The van der Waals surface area contributed by atoms with Crippen molar-refractivity contribution in [3.63, 3.8) is 0 Å². The summed E-state index contributed by atoms with van der Waals surface area (Å²) in [6.45, 7) is 0.696. The molecular formula is C22H21NO3. The molecule has 1 fully saturated rings. The number of nitrogens with zero attached hydrogens (tertiary/aromatic N) is 1. The minimum atomic E-state index is -0.119. The molecule has 0 radical (unpaired) electrons. The second-order valence-corrected chi connectivity index (χ2v) is 6.65. The maximum absolute atomic E-state index is 13.2. The molecule has 1 unspecified atom stereocenters. The van der Waals surface area contributed by atoms with E-state index in [1.165, 1.54) is 0 Å². The highest BCUT2D eigenvalue weighted by molar-refractivity contribution is 6.01. The third-order valence-electron chi connectivity index (χ3n) is 5.11. The van der Waals surface area contributed by atoms with Crippen molar-refractivity contribution in [1.82, 2.24) is 4.90 Å². The van der Waals surface area contributed by atoms with Crippen molar-refractivity contribution in [3.05, 3.63) is 71.8 Å². The molecule has 4 nitrogen and oxygen atoms in total. The van der Waals surface area contributed by atoms with E-state index in [0.29, 0.717) is 12.1 Å². The van der Waals surface area contributed by atoms with Crippen molar-refractivity contribution in [1.29, 1.82) is 0 Å². The molecule has 1 aliphatic rings. The average Bonchev–Trinajstić information content (AvgIpc) is 3.17. The van der Waals surface area contributed by atoms with Crippen LogP contribution in [0.5, 0.6) is 11.5 Å². The summed E-state index contributed by atoms with van der Waals surface area (Å²) in [4.78, 5) is 15.0. The molecule has 1 aliphatic heterocycles. The van der Waals surface area contributed by atoms with Crippen molar-refractivity contribution >= 4 is 16.7 Å². The number of likely N-dealkylation sites (tertiary alicyclic amines) is 1. The Kier molecular flexibility index (Phi) is 4.25.